The molecule has 1 rings (SSSR count). The molecule has 1 aromatic heterocycles. The molecule has 0 fully saturated rings. The lowest BCUT2D eigenvalue weighted by atomic mass is 10.1. The lowest BCUT2D eigenvalue weighted by Crippen LogP contribution is -2.39. The summed E-state index contributed by atoms with van der Waals surface area (Å²) in [5.74, 6) is -1.37. The minimum Gasteiger partial charge on any atom is -0.480 e. The van der Waals surface area contributed by atoms with Gasteiger partial charge in [0, 0.05) is 44.2 Å². The minimum absolute atomic E-state index is 0.00484. The van der Waals surface area contributed by atoms with Crippen LogP contribution in [0, 0.1) is 0 Å². The number of ketones is 2. The summed E-state index contributed by atoms with van der Waals surface area (Å²) in [4.78, 5) is 65.4. The number of unbranched alkanes of at least 4 members (excludes halogenated alkanes) is 2. The van der Waals surface area contributed by atoms with Crippen LogP contribution in [-0.2, 0) is 49.3 Å². The molecule has 15 heteroatoms. The predicted molar refractivity (Wildman–Crippen MR) is 164 cm³/mol. The SMILES string of the molecule is CCCC(=O)NCCOCCOCC(=O)NCCOCCOCC(=O)CCCCC[C@H](NCC(=O)CCc1cnc[nH]1)C(=O)O. The number of H-pyrrole nitrogens is 1. The quantitative estimate of drug-likeness (QED) is 0.0706. The first-order chi connectivity index (χ1) is 21.8. The number of aliphatic carboxylic acids is 1. The number of amides is 2. The normalized spacial score (nSPS) is 11.7. The number of carbonyl (C=O) groups excluding carboxylic acids is 4. The van der Waals surface area contributed by atoms with Crippen LogP contribution in [0.15, 0.2) is 12.5 Å². The molecule has 0 aliphatic rings. The third-order valence-corrected chi connectivity index (χ3v) is 6.37. The second-order valence-electron chi connectivity index (χ2n) is 10.3. The maximum Gasteiger partial charge on any atom is 0.320 e. The maximum absolute atomic E-state index is 12.0. The van der Waals surface area contributed by atoms with Crippen LogP contribution >= 0.6 is 0 Å². The molecule has 0 aliphatic heterocycles. The Labute approximate surface area is 264 Å². The highest BCUT2D eigenvalue weighted by atomic mass is 16.5. The largest absolute Gasteiger partial charge is 0.480 e. The van der Waals surface area contributed by atoms with Crippen LogP contribution in [0.4, 0.5) is 0 Å². The highest BCUT2D eigenvalue weighted by Gasteiger charge is 2.17. The van der Waals surface area contributed by atoms with E-state index in [1.165, 1.54) is 0 Å². The fourth-order valence-electron chi connectivity index (χ4n) is 3.94. The highest BCUT2D eigenvalue weighted by Crippen LogP contribution is 2.07. The number of imidazole rings is 1. The van der Waals surface area contributed by atoms with Crippen molar-refractivity contribution in [1.29, 1.82) is 0 Å². The van der Waals surface area contributed by atoms with E-state index in [0.29, 0.717) is 84.3 Å². The summed E-state index contributed by atoms with van der Waals surface area (Å²) in [6, 6.07) is -0.810. The van der Waals surface area contributed by atoms with E-state index in [1.807, 2.05) is 6.92 Å². The van der Waals surface area contributed by atoms with Gasteiger partial charge in [0.25, 0.3) is 0 Å². The number of nitrogens with zero attached hydrogens (tertiary/aromatic N) is 1. The minimum atomic E-state index is -1.00. The standard InChI is InChI=1S/C30H51N5O10/c1-2-6-28(38)32-11-13-42-16-18-45-22-29(39)33-12-14-43-15-17-44-21-26(37)7-4-3-5-8-27(30(40)41)34-20-25(36)10-9-24-19-31-23-35-24/h19,23,27,34H,2-18,20-22H2,1H3,(H,31,35)(H,32,38)(H,33,39)(H,40,41)/t27-/m0/s1. The molecule has 256 valence electrons. The Hall–Kier alpha value is -3.24. The molecule has 45 heavy (non-hydrogen) atoms. The molecule has 0 saturated heterocycles. The van der Waals surface area contributed by atoms with Crippen LogP contribution in [0.1, 0.15) is 64.0 Å². The third-order valence-electron chi connectivity index (χ3n) is 6.37. The molecule has 1 heterocycles. The Morgan fingerprint density at radius 3 is 2.11 bits per heavy atom. The molecule has 0 aliphatic carbocycles. The first-order valence-electron chi connectivity index (χ1n) is 15.6. The van der Waals surface area contributed by atoms with Gasteiger partial charge in [-0.05, 0) is 25.7 Å². The fraction of sp³-hybridized carbons (Fsp3) is 0.733. The Morgan fingerprint density at radius 1 is 0.800 bits per heavy atom. The van der Waals surface area contributed by atoms with E-state index in [-0.39, 0.29) is 63.0 Å². The topological polar surface area (TPSA) is 207 Å². The fourth-order valence-corrected chi connectivity index (χ4v) is 3.94. The first kappa shape index (κ1) is 39.8. The molecule has 5 N–H and O–H groups in total. The summed E-state index contributed by atoms with van der Waals surface area (Å²) in [6.07, 6.45) is 7.99. The number of hydrogen-bond donors (Lipinski definition) is 5. The third kappa shape index (κ3) is 23.8. The lowest BCUT2D eigenvalue weighted by Gasteiger charge is -2.13. The van der Waals surface area contributed by atoms with Crippen LogP contribution < -0.4 is 16.0 Å². The lowest BCUT2D eigenvalue weighted by molar-refractivity contribution is -0.139. The van der Waals surface area contributed by atoms with Gasteiger partial charge in [0.05, 0.1) is 52.5 Å². The molecule has 1 aromatic rings. The Morgan fingerprint density at radius 2 is 1.47 bits per heavy atom. The van der Waals surface area contributed by atoms with Gasteiger partial charge in [0.15, 0.2) is 5.78 Å². The van der Waals surface area contributed by atoms with Gasteiger partial charge >= 0.3 is 5.97 Å². The van der Waals surface area contributed by atoms with Crippen LogP contribution in [0.2, 0.25) is 0 Å². The van der Waals surface area contributed by atoms with Crippen molar-refractivity contribution in [3.05, 3.63) is 18.2 Å². The molecule has 0 spiro atoms. The van der Waals surface area contributed by atoms with Gasteiger partial charge in [-0.1, -0.05) is 19.8 Å². The summed E-state index contributed by atoms with van der Waals surface area (Å²) in [6.45, 7) is 4.39. The van der Waals surface area contributed by atoms with Gasteiger partial charge in [-0.25, -0.2) is 4.98 Å². The number of carbonyl (C=O) groups is 5. The van der Waals surface area contributed by atoms with Crippen molar-refractivity contribution < 1.29 is 48.0 Å². The first-order valence-corrected chi connectivity index (χ1v) is 15.6. The molecule has 0 bridgehead atoms. The number of hydrogen-bond acceptors (Lipinski definition) is 11. The number of carboxylic acid groups (broad SMARTS) is 1. The molecule has 1 atom stereocenters. The Balaban J connectivity index is 1.90. The highest BCUT2D eigenvalue weighted by molar-refractivity contribution is 5.82. The van der Waals surface area contributed by atoms with Gasteiger partial charge in [-0.3, -0.25) is 29.3 Å². The van der Waals surface area contributed by atoms with Crippen molar-refractivity contribution in [2.75, 3.05) is 72.5 Å². The van der Waals surface area contributed by atoms with Crippen molar-refractivity contribution in [2.24, 2.45) is 0 Å². The van der Waals surface area contributed by atoms with E-state index < -0.39 is 12.0 Å². The van der Waals surface area contributed by atoms with E-state index in [9.17, 15) is 29.1 Å². The van der Waals surface area contributed by atoms with Crippen LogP contribution in [-0.4, -0.2) is 123 Å². The van der Waals surface area contributed by atoms with Crippen molar-refractivity contribution in [2.45, 2.75) is 70.8 Å². The summed E-state index contributed by atoms with van der Waals surface area (Å²) < 4.78 is 21.3. The average molecular weight is 642 g/mol. The van der Waals surface area contributed by atoms with Crippen molar-refractivity contribution >= 4 is 29.4 Å². The van der Waals surface area contributed by atoms with E-state index in [1.54, 1.807) is 12.5 Å². The average Bonchev–Trinajstić information content (AvgIpc) is 3.54. The Bertz CT molecular complexity index is 961. The number of aryl methyl sites for hydroxylation is 1. The van der Waals surface area contributed by atoms with Gasteiger partial charge in [0.2, 0.25) is 11.8 Å². The van der Waals surface area contributed by atoms with Gasteiger partial charge in [0.1, 0.15) is 25.0 Å². The molecule has 2 amide bonds. The van der Waals surface area contributed by atoms with Crippen molar-refractivity contribution in [3.8, 4) is 0 Å². The molecule has 0 radical (unpaired) electrons. The maximum atomic E-state index is 12.0. The number of Topliss-reactive ketones (excluding diaryl/α,β-unsaturated/α-hetero) is 2. The zero-order valence-electron chi connectivity index (χ0n) is 26.4. The van der Waals surface area contributed by atoms with Crippen LogP contribution in [0.5, 0.6) is 0 Å². The van der Waals surface area contributed by atoms with E-state index in [0.717, 1.165) is 12.1 Å². The van der Waals surface area contributed by atoms with Crippen molar-refractivity contribution in [1.82, 2.24) is 25.9 Å². The van der Waals surface area contributed by atoms with E-state index >= 15 is 0 Å². The summed E-state index contributed by atoms with van der Waals surface area (Å²) in [7, 11) is 0. The number of rotatable bonds is 31. The molecule has 0 unspecified atom stereocenters. The van der Waals surface area contributed by atoms with E-state index in [2.05, 4.69) is 25.9 Å². The number of nitrogens with one attached hydrogen (secondary N) is 4. The second kappa shape index (κ2) is 27.1. The van der Waals surface area contributed by atoms with Crippen LogP contribution in [0.25, 0.3) is 0 Å². The number of aromatic nitrogens is 2. The van der Waals surface area contributed by atoms with E-state index in [4.69, 9.17) is 18.9 Å². The van der Waals surface area contributed by atoms with Crippen LogP contribution in [0.3, 0.4) is 0 Å². The van der Waals surface area contributed by atoms with Crippen molar-refractivity contribution in [3.63, 3.8) is 0 Å². The molecule has 0 saturated carbocycles. The zero-order chi connectivity index (χ0) is 33.0. The number of carboxylic acids is 1. The molecular weight excluding hydrogens is 590 g/mol. The zero-order valence-corrected chi connectivity index (χ0v) is 26.4. The molecule has 0 aromatic carbocycles. The van der Waals surface area contributed by atoms with Gasteiger partial charge < -0.3 is 39.7 Å². The second-order valence-corrected chi connectivity index (χ2v) is 10.3. The molecule has 15 nitrogen and oxygen atoms in total. The summed E-state index contributed by atoms with van der Waals surface area (Å²) >= 11 is 0. The number of ether oxygens (including phenoxy) is 4. The Kier molecular flexibility index (Phi) is 24.0. The monoisotopic (exact) mass is 641 g/mol. The molecular formula is C30H51N5O10. The predicted octanol–water partition coefficient (Wildman–Crippen LogP) is 0.573. The smallest absolute Gasteiger partial charge is 0.320 e. The summed E-state index contributed by atoms with van der Waals surface area (Å²) in [5, 5.41) is 17.6. The van der Waals surface area contributed by atoms with Gasteiger partial charge in [-0.2, -0.15) is 0 Å². The van der Waals surface area contributed by atoms with Gasteiger partial charge in [-0.15, -0.1) is 0 Å². The number of aromatic amines is 1. The summed E-state index contributed by atoms with van der Waals surface area (Å²) in [5.41, 5.74) is 0.856.